The highest BCUT2D eigenvalue weighted by molar-refractivity contribution is 5.94. The van der Waals surface area contributed by atoms with Crippen LogP contribution in [0, 0.1) is 0 Å². The molecule has 0 atom stereocenters. The van der Waals surface area contributed by atoms with E-state index in [0.29, 0.717) is 12.1 Å². The first-order chi connectivity index (χ1) is 8.43. The Hall–Kier alpha value is -1.80. The zero-order chi connectivity index (χ0) is 15.1. The highest BCUT2D eigenvalue weighted by atomic mass is 19.4. The second-order valence-corrected chi connectivity index (χ2v) is 3.56. The number of nitrogens with two attached hydrogens (primary N) is 1. The third-order valence-electron chi connectivity index (χ3n) is 2.28. The van der Waals surface area contributed by atoms with Gasteiger partial charge in [0.2, 0.25) is 5.91 Å². The zero-order valence-corrected chi connectivity index (χ0v) is 8.94. The van der Waals surface area contributed by atoms with Crippen molar-refractivity contribution in [2.45, 2.75) is 18.0 Å². The summed E-state index contributed by atoms with van der Waals surface area (Å²) in [5.41, 5.74) is 1.79. The Morgan fingerprint density at radius 3 is 1.84 bits per heavy atom. The van der Waals surface area contributed by atoms with Crippen molar-refractivity contribution in [2.75, 3.05) is 0 Å². The van der Waals surface area contributed by atoms with Crippen LogP contribution in [-0.2, 0) is 5.92 Å². The van der Waals surface area contributed by atoms with Crippen LogP contribution in [0.3, 0.4) is 0 Å². The van der Waals surface area contributed by atoms with E-state index in [2.05, 4.69) is 5.73 Å². The summed E-state index contributed by atoms with van der Waals surface area (Å²) in [6, 6.07) is 2.73. The molecule has 106 valence electrons. The summed E-state index contributed by atoms with van der Waals surface area (Å²) in [5, 5.41) is 0. The van der Waals surface area contributed by atoms with Gasteiger partial charge >= 0.3 is 18.0 Å². The summed E-state index contributed by atoms with van der Waals surface area (Å²) in [6.45, 7) is 0. The Labute approximate surface area is 102 Å². The lowest BCUT2D eigenvalue weighted by Crippen LogP contribution is -2.50. The molecule has 0 aromatic heterocycles. The fraction of sp³-hybridized carbons (Fsp3) is 0.300. The molecule has 0 radical (unpaired) electrons. The van der Waals surface area contributed by atoms with E-state index in [0.717, 1.165) is 12.1 Å². The first-order valence-electron chi connectivity index (χ1n) is 4.64. The molecule has 0 bridgehead atoms. The van der Waals surface area contributed by atoms with E-state index < -0.39 is 35.1 Å². The Morgan fingerprint density at radius 2 is 1.42 bits per heavy atom. The van der Waals surface area contributed by atoms with Crippen molar-refractivity contribution in [3.63, 3.8) is 0 Å². The molecular weight excluding hydrogens is 283 g/mol. The molecule has 0 saturated heterocycles. The minimum atomic E-state index is -6.47. The van der Waals surface area contributed by atoms with Crippen LogP contribution < -0.4 is 5.73 Å². The van der Waals surface area contributed by atoms with Crippen LogP contribution in [0.1, 0.15) is 15.9 Å². The van der Waals surface area contributed by atoms with Gasteiger partial charge in [-0.25, -0.2) is 0 Å². The predicted molar refractivity (Wildman–Crippen MR) is 49.9 cm³/mol. The van der Waals surface area contributed by atoms with Crippen LogP contribution in [0.15, 0.2) is 24.3 Å². The molecule has 1 aromatic rings. The van der Waals surface area contributed by atoms with E-state index in [1.165, 1.54) is 0 Å². The minimum Gasteiger partial charge on any atom is -0.366 e. The smallest absolute Gasteiger partial charge is 0.366 e. The Bertz CT molecular complexity index is 495. The molecule has 0 aliphatic carbocycles. The van der Waals surface area contributed by atoms with Gasteiger partial charge in [0.15, 0.2) is 0 Å². The number of hydrogen-bond acceptors (Lipinski definition) is 1. The van der Waals surface area contributed by atoms with Gasteiger partial charge < -0.3 is 5.73 Å². The maximum Gasteiger partial charge on any atom is 0.460 e. The van der Waals surface area contributed by atoms with Crippen molar-refractivity contribution in [3.05, 3.63) is 35.4 Å². The van der Waals surface area contributed by atoms with Crippen LogP contribution in [-0.4, -0.2) is 18.0 Å². The quantitative estimate of drug-likeness (QED) is 0.854. The molecule has 2 N–H and O–H groups in total. The number of benzene rings is 1. The lowest BCUT2D eigenvalue weighted by molar-refractivity contribution is -0.359. The summed E-state index contributed by atoms with van der Waals surface area (Å²) in [4.78, 5) is 10.8. The van der Waals surface area contributed by atoms with Crippen LogP contribution in [0.25, 0.3) is 0 Å². The third-order valence-corrected chi connectivity index (χ3v) is 2.28. The number of carbonyl (C=O) groups excluding carboxylic acids is 1. The Kier molecular flexibility index (Phi) is 3.53. The van der Waals surface area contributed by atoms with Gasteiger partial charge in [-0.3, -0.25) is 4.79 Å². The SMILES string of the molecule is NC(=O)c1ccccc1C(F)(F)C(F)(F)C(F)(F)F. The fourth-order valence-electron chi connectivity index (χ4n) is 1.32. The Balaban J connectivity index is 3.48. The molecule has 0 saturated carbocycles. The molecule has 0 spiro atoms. The molecule has 1 aromatic carbocycles. The summed E-state index contributed by atoms with van der Waals surface area (Å²) in [5.74, 6) is -13.5. The van der Waals surface area contributed by atoms with Gasteiger partial charge in [-0.05, 0) is 6.07 Å². The van der Waals surface area contributed by atoms with Crippen molar-refractivity contribution in [2.24, 2.45) is 5.73 Å². The largest absolute Gasteiger partial charge is 0.460 e. The second kappa shape index (κ2) is 4.39. The van der Waals surface area contributed by atoms with Gasteiger partial charge in [0.1, 0.15) is 0 Å². The zero-order valence-electron chi connectivity index (χ0n) is 8.94. The number of rotatable bonds is 3. The highest BCUT2D eigenvalue weighted by Crippen LogP contribution is 2.52. The number of hydrogen-bond donors (Lipinski definition) is 1. The van der Waals surface area contributed by atoms with Crippen molar-refractivity contribution in [1.82, 2.24) is 0 Å². The summed E-state index contributed by atoms with van der Waals surface area (Å²) < 4.78 is 88.4. The molecule has 1 amide bonds. The monoisotopic (exact) mass is 289 g/mol. The molecule has 19 heavy (non-hydrogen) atoms. The molecule has 2 nitrogen and oxygen atoms in total. The number of carbonyl (C=O) groups is 1. The first-order valence-corrected chi connectivity index (χ1v) is 4.64. The fourth-order valence-corrected chi connectivity index (χ4v) is 1.32. The molecule has 0 aliphatic rings. The molecule has 9 heteroatoms. The van der Waals surface area contributed by atoms with Crippen molar-refractivity contribution in [1.29, 1.82) is 0 Å². The normalized spacial score (nSPS) is 13.4. The lowest BCUT2D eigenvalue weighted by Gasteiger charge is -2.29. The van der Waals surface area contributed by atoms with Crippen LogP contribution in [0.5, 0.6) is 0 Å². The summed E-state index contributed by atoms with van der Waals surface area (Å²) in [7, 11) is 0. The molecule has 0 aliphatic heterocycles. The van der Waals surface area contributed by atoms with Crippen molar-refractivity contribution >= 4 is 5.91 Å². The van der Waals surface area contributed by atoms with E-state index in [-0.39, 0.29) is 0 Å². The molecular formula is C10H6F7NO. The average Bonchev–Trinajstić information content (AvgIpc) is 2.27. The maximum absolute atomic E-state index is 13.4. The minimum absolute atomic E-state index is 0.291. The number of halogens is 7. The van der Waals surface area contributed by atoms with Crippen LogP contribution in [0.4, 0.5) is 30.7 Å². The van der Waals surface area contributed by atoms with Gasteiger partial charge in [0.25, 0.3) is 0 Å². The van der Waals surface area contributed by atoms with Gasteiger partial charge in [0, 0.05) is 11.1 Å². The van der Waals surface area contributed by atoms with Crippen molar-refractivity contribution < 1.29 is 35.5 Å². The number of alkyl halides is 7. The van der Waals surface area contributed by atoms with E-state index in [1.54, 1.807) is 0 Å². The Morgan fingerprint density at radius 1 is 0.947 bits per heavy atom. The van der Waals surface area contributed by atoms with Gasteiger partial charge in [-0.1, -0.05) is 18.2 Å². The molecule has 0 unspecified atom stereocenters. The molecule has 0 fully saturated rings. The van der Waals surface area contributed by atoms with Gasteiger partial charge in [0.05, 0.1) is 0 Å². The third kappa shape index (κ3) is 2.36. The number of amides is 1. The molecule has 1 rings (SSSR count). The van der Waals surface area contributed by atoms with E-state index in [1.807, 2.05) is 0 Å². The van der Waals surface area contributed by atoms with Gasteiger partial charge in [-0.15, -0.1) is 0 Å². The standard InChI is InChI=1S/C10H6F7NO/c11-8(12,9(13,14)10(15,16)17)6-4-2-1-3-5(6)7(18)19/h1-4H,(H2,18,19). The molecule has 0 heterocycles. The highest BCUT2D eigenvalue weighted by Gasteiger charge is 2.73. The lowest BCUT2D eigenvalue weighted by atomic mass is 9.96. The first kappa shape index (κ1) is 15.3. The van der Waals surface area contributed by atoms with Crippen molar-refractivity contribution in [3.8, 4) is 0 Å². The van der Waals surface area contributed by atoms with E-state index >= 15 is 0 Å². The van der Waals surface area contributed by atoms with Crippen LogP contribution in [0.2, 0.25) is 0 Å². The predicted octanol–water partition coefficient (Wildman–Crippen LogP) is 3.07. The second-order valence-electron chi connectivity index (χ2n) is 3.56. The van der Waals surface area contributed by atoms with E-state index in [4.69, 9.17) is 0 Å². The average molecular weight is 289 g/mol. The van der Waals surface area contributed by atoms with Crippen LogP contribution >= 0.6 is 0 Å². The van der Waals surface area contributed by atoms with Gasteiger partial charge in [-0.2, -0.15) is 30.7 Å². The number of primary amides is 1. The summed E-state index contributed by atoms with van der Waals surface area (Å²) >= 11 is 0. The van der Waals surface area contributed by atoms with E-state index in [9.17, 15) is 35.5 Å². The summed E-state index contributed by atoms with van der Waals surface area (Å²) in [6.07, 6.45) is -6.47. The maximum atomic E-state index is 13.4. The topological polar surface area (TPSA) is 43.1 Å².